The van der Waals surface area contributed by atoms with Gasteiger partial charge in [0.2, 0.25) is 5.91 Å². The number of carbonyl (C=O) groups is 1. The number of nitrogens with one attached hydrogen (secondary N) is 1. The summed E-state index contributed by atoms with van der Waals surface area (Å²) >= 11 is 0. The Balaban J connectivity index is 1.94. The Morgan fingerprint density at radius 3 is 2.75 bits per heavy atom. The van der Waals surface area contributed by atoms with Crippen molar-refractivity contribution in [3.8, 4) is 11.8 Å². The predicted molar refractivity (Wildman–Crippen MR) is 89.1 cm³/mol. The summed E-state index contributed by atoms with van der Waals surface area (Å²) in [4.78, 5) is 13.8. The zero-order valence-corrected chi connectivity index (χ0v) is 13.5. The van der Waals surface area contributed by atoms with Gasteiger partial charge in [0.1, 0.15) is 6.07 Å². The Labute approximate surface area is 140 Å². The fourth-order valence-electron chi connectivity index (χ4n) is 2.30. The van der Waals surface area contributed by atoms with Crippen LogP contribution in [0.4, 0.5) is 10.1 Å². The summed E-state index contributed by atoms with van der Waals surface area (Å²) in [5, 5.41) is 11.7. The number of nitriles is 1. The molecule has 0 unspecified atom stereocenters. The molecule has 0 aliphatic heterocycles. The first-order chi connectivity index (χ1) is 11.5. The molecule has 24 heavy (non-hydrogen) atoms. The van der Waals surface area contributed by atoms with Crippen LogP contribution in [-0.2, 0) is 11.3 Å². The minimum atomic E-state index is -0.434. The lowest BCUT2D eigenvalue weighted by molar-refractivity contribution is -0.117. The van der Waals surface area contributed by atoms with E-state index in [4.69, 9.17) is 10.00 Å². The first-order valence-corrected chi connectivity index (χ1v) is 7.33. The highest BCUT2D eigenvalue weighted by Crippen LogP contribution is 2.18. The van der Waals surface area contributed by atoms with Crippen LogP contribution < -0.4 is 10.1 Å². The van der Waals surface area contributed by atoms with Gasteiger partial charge in [-0.25, -0.2) is 4.39 Å². The fraction of sp³-hybridized carbons (Fsp3) is 0.222. The first kappa shape index (κ1) is 17.4. The highest BCUT2D eigenvalue weighted by Gasteiger charge is 2.11. The second-order valence-corrected chi connectivity index (χ2v) is 5.35. The molecule has 1 N–H and O–H groups in total. The van der Waals surface area contributed by atoms with E-state index in [1.54, 1.807) is 48.3 Å². The van der Waals surface area contributed by atoms with Gasteiger partial charge in [0.15, 0.2) is 11.6 Å². The van der Waals surface area contributed by atoms with E-state index in [0.717, 1.165) is 5.56 Å². The van der Waals surface area contributed by atoms with Gasteiger partial charge in [-0.1, -0.05) is 18.2 Å². The van der Waals surface area contributed by atoms with Crippen LogP contribution in [0.15, 0.2) is 42.5 Å². The van der Waals surface area contributed by atoms with Crippen LogP contribution in [0.3, 0.4) is 0 Å². The molecule has 0 aliphatic rings. The summed E-state index contributed by atoms with van der Waals surface area (Å²) in [5.41, 5.74) is 1.63. The van der Waals surface area contributed by atoms with Crippen molar-refractivity contribution in [2.45, 2.75) is 6.54 Å². The number of ether oxygens (including phenoxy) is 1. The van der Waals surface area contributed by atoms with Crippen molar-refractivity contribution in [1.29, 1.82) is 5.26 Å². The summed E-state index contributed by atoms with van der Waals surface area (Å²) in [6.07, 6.45) is 0. The molecule has 124 valence electrons. The zero-order valence-electron chi connectivity index (χ0n) is 13.5. The van der Waals surface area contributed by atoms with Gasteiger partial charge in [-0.2, -0.15) is 5.26 Å². The number of anilines is 1. The van der Waals surface area contributed by atoms with Gasteiger partial charge in [-0.15, -0.1) is 0 Å². The maximum atomic E-state index is 13.7. The van der Waals surface area contributed by atoms with Gasteiger partial charge >= 0.3 is 0 Å². The molecule has 0 heterocycles. The van der Waals surface area contributed by atoms with Crippen LogP contribution in [0, 0.1) is 17.1 Å². The standard InChI is InChI=1S/C18H18FN3O2/c1-22(11-13-7-8-17(24-2)15(19)9-13)12-18(23)21-16-6-4-3-5-14(16)10-20/h3-9H,11-12H2,1-2H3,(H,21,23). The summed E-state index contributed by atoms with van der Waals surface area (Å²) in [6, 6.07) is 13.5. The number of hydrogen-bond donors (Lipinski definition) is 1. The van der Waals surface area contributed by atoms with E-state index in [0.29, 0.717) is 17.8 Å². The van der Waals surface area contributed by atoms with Crippen LogP contribution in [-0.4, -0.2) is 31.5 Å². The molecule has 2 aromatic carbocycles. The Hall–Kier alpha value is -2.91. The molecule has 0 bridgehead atoms. The van der Waals surface area contributed by atoms with E-state index in [2.05, 4.69) is 5.32 Å². The molecule has 0 spiro atoms. The van der Waals surface area contributed by atoms with Crippen molar-refractivity contribution in [1.82, 2.24) is 4.90 Å². The van der Waals surface area contributed by atoms with Crippen molar-refractivity contribution in [3.05, 3.63) is 59.4 Å². The second kappa shape index (κ2) is 8.09. The second-order valence-electron chi connectivity index (χ2n) is 5.35. The number of likely N-dealkylation sites (N-methyl/N-ethyl adjacent to an activating group) is 1. The SMILES string of the molecule is COc1ccc(CN(C)CC(=O)Nc2ccccc2C#N)cc1F. The molecule has 6 heteroatoms. The third kappa shape index (κ3) is 4.54. The number of hydrogen-bond acceptors (Lipinski definition) is 4. The smallest absolute Gasteiger partial charge is 0.238 e. The monoisotopic (exact) mass is 327 g/mol. The third-order valence-corrected chi connectivity index (χ3v) is 3.40. The largest absolute Gasteiger partial charge is 0.494 e. The van der Waals surface area contributed by atoms with E-state index in [1.165, 1.54) is 13.2 Å². The zero-order chi connectivity index (χ0) is 17.5. The Kier molecular flexibility index (Phi) is 5.88. The molecule has 1 amide bonds. The Bertz CT molecular complexity index is 771. The molecule has 0 saturated carbocycles. The summed E-state index contributed by atoms with van der Waals surface area (Å²) < 4.78 is 18.6. The summed E-state index contributed by atoms with van der Waals surface area (Å²) in [7, 11) is 3.17. The number of benzene rings is 2. The molecule has 0 atom stereocenters. The molecule has 0 saturated heterocycles. The van der Waals surface area contributed by atoms with E-state index >= 15 is 0 Å². The van der Waals surface area contributed by atoms with Crippen LogP contribution in [0.1, 0.15) is 11.1 Å². The number of para-hydroxylation sites is 1. The van der Waals surface area contributed by atoms with E-state index in [1.807, 2.05) is 6.07 Å². The fourth-order valence-corrected chi connectivity index (χ4v) is 2.30. The van der Waals surface area contributed by atoms with E-state index in [-0.39, 0.29) is 18.2 Å². The average molecular weight is 327 g/mol. The molecular formula is C18H18FN3O2. The lowest BCUT2D eigenvalue weighted by Crippen LogP contribution is -2.30. The number of carbonyl (C=O) groups excluding carboxylic acids is 1. The maximum Gasteiger partial charge on any atom is 0.238 e. The lowest BCUT2D eigenvalue weighted by atomic mass is 10.2. The molecule has 0 fully saturated rings. The number of amides is 1. The van der Waals surface area contributed by atoms with Crippen LogP contribution in [0.25, 0.3) is 0 Å². The van der Waals surface area contributed by atoms with Gasteiger partial charge in [0, 0.05) is 6.54 Å². The molecular weight excluding hydrogens is 309 g/mol. The molecule has 0 aliphatic carbocycles. The number of nitrogens with zero attached hydrogens (tertiary/aromatic N) is 2. The number of methoxy groups -OCH3 is 1. The van der Waals surface area contributed by atoms with E-state index in [9.17, 15) is 9.18 Å². The summed E-state index contributed by atoms with van der Waals surface area (Å²) in [5.74, 6) is -0.489. The molecule has 5 nitrogen and oxygen atoms in total. The van der Waals surface area contributed by atoms with Crippen LogP contribution >= 0.6 is 0 Å². The number of rotatable bonds is 6. The first-order valence-electron chi connectivity index (χ1n) is 7.33. The van der Waals surface area contributed by atoms with Crippen LogP contribution in [0.5, 0.6) is 5.75 Å². The predicted octanol–water partition coefficient (Wildman–Crippen LogP) is 2.78. The van der Waals surface area contributed by atoms with Gasteiger partial charge in [-0.3, -0.25) is 9.69 Å². The molecule has 2 aromatic rings. The normalized spacial score (nSPS) is 10.3. The van der Waals surface area contributed by atoms with Crippen molar-refractivity contribution >= 4 is 11.6 Å². The molecule has 0 aromatic heterocycles. The van der Waals surface area contributed by atoms with Gasteiger partial charge in [0.25, 0.3) is 0 Å². The minimum Gasteiger partial charge on any atom is -0.494 e. The summed E-state index contributed by atoms with van der Waals surface area (Å²) in [6.45, 7) is 0.529. The van der Waals surface area contributed by atoms with E-state index < -0.39 is 5.82 Å². The topological polar surface area (TPSA) is 65.4 Å². The van der Waals surface area contributed by atoms with Crippen molar-refractivity contribution in [2.75, 3.05) is 26.0 Å². The minimum absolute atomic E-state index is 0.118. The third-order valence-electron chi connectivity index (χ3n) is 3.40. The number of halogens is 1. The average Bonchev–Trinajstić information content (AvgIpc) is 2.55. The molecule has 0 radical (unpaired) electrons. The van der Waals surface area contributed by atoms with Gasteiger partial charge in [-0.05, 0) is 36.9 Å². The maximum absolute atomic E-state index is 13.7. The van der Waals surface area contributed by atoms with Crippen LogP contribution in [0.2, 0.25) is 0 Å². The van der Waals surface area contributed by atoms with Crippen molar-refractivity contribution in [3.63, 3.8) is 0 Å². The van der Waals surface area contributed by atoms with Crippen molar-refractivity contribution < 1.29 is 13.9 Å². The lowest BCUT2D eigenvalue weighted by Gasteiger charge is -2.17. The Morgan fingerprint density at radius 1 is 1.33 bits per heavy atom. The van der Waals surface area contributed by atoms with Gasteiger partial charge in [0.05, 0.1) is 24.9 Å². The van der Waals surface area contributed by atoms with Crippen molar-refractivity contribution in [2.24, 2.45) is 0 Å². The quantitative estimate of drug-likeness (QED) is 0.886. The van der Waals surface area contributed by atoms with Gasteiger partial charge < -0.3 is 10.1 Å². The highest BCUT2D eigenvalue weighted by atomic mass is 19.1. The molecule has 2 rings (SSSR count). The Morgan fingerprint density at radius 2 is 2.08 bits per heavy atom. The highest BCUT2D eigenvalue weighted by molar-refractivity contribution is 5.93.